The second-order valence-corrected chi connectivity index (χ2v) is 7.57. The molecule has 3 aromatic rings. The van der Waals surface area contributed by atoms with Gasteiger partial charge in [0.05, 0.1) is 0 Å². The molecule has 1 aliphatic heterocycles. The number of benzene rings is 3. The number of amides is 3. The average Bonchev–Trinajstić information content (AvgIpc) is 3.11. The van der Waals surface area contributed by atoms with Crippen molar-refractivity contribution in [3.05, 3.63) is 101 Å². The summed E-state index contributed by atoms with van der Waals surface area (Å²) < 4.78 is 0. The van der Waals surface area contributed by atoms with Crippen molar-refractivity contribution in [3.63, 3.8) is 0 Å². The minimum atomic E-state index is -0.134. The lowest BCUT2D eigenvalue weighted by Crippen LogP contribution is -2.31. The van der Waals surface area contributed by atoms with Crippen LogP contribution in [0, 0.1) is 6.92 Å². The maximum Gasteiger partial charge on any atom is 0.320 e. The molecule has 0 aliphatic carbocycles. The van der Waals surface area contributed by atoms with E-state index in [0.717, 1.165) is 24.3 Å². The van der Waals surface area contributed by atoms with Crippen LogP contribution in [0.2, 0.25) is 0 Å². The summed E-state index contributed by atoms with van der Waals surface area (Å²) in [4.78, 5) is 28.8. The number of nitrogens with zero attached hydrogens (tertiary/aromatic N) is 2. The molecule has 0 atom stereocenters. The summed E-state index contributed by atoms with van der Waals surface area (Å²) in [7, 11) is 0. The highest BCUT2D eigenvalue weighted by molar-refractivity contribution is 6.04. The first-order valence-electron chi connectivity index (χ1n) is 10.1. The highest BCUT2D eigenvalue weighted by Gasteiger charge is 2.28. The molecule has 1 aliphatic rings. The van der Waals surface area contributed by atoms with Crippen LogP contribution in [-0.2, 0) is 13.1 Å². The van der Waals surface area contributed by atoms with E-state index in [2.05, 4.69) is 24.4 Å². The van der Waals surface area contributed by atoms with Crippen molar-refractivity contribution in [1.29, 1.82) is 0 Å². The maximum absolute atomic E-state index is 12.8. The Morgan fingerprint density at radius 3 is 2.17 bits per heavy atom. The molecule has 3 amide bonds. The second-order valence-electron chi connectivity index (χ2n) is 7.57. The van der Waals surface area contributed by atoms with Gasteiger partial charge in [-0.2, -0.15) is 0 Å². The van der Waals surface area contributed by atoms with E-state index in [1.165, 1.54) is 11.1 Å². The Bertz CT molecular complexity index is 1030. The smallest absolute Gasteiger partial charge is 0.320 e. The van der Waals surface area contributed by atoms with Crippen molar-refractivity contribution in [3.8, 4) is 0 Å². The van der Waals surface area contributed by atoms with E-state index in [4.69, 9.17) is 0 Å². The quantitative estimate of drug-likeness (QED) is 0.654. The summed E-state index contributed by atoms with van der Waals surface area (Å²) in [5.41, 5.74) is 4.79. The third-order valence-electron chi connectivity index (χ3n) is 5.42. The molecule has 0 bridgehead atoms. The van der Waals surface area contributed by atoms with E-state index >= 15 is 0 Å². The summed E-state index contributed by atoms with van der Waals surface area (Å²) in [5.74, 6) is -0.134. The number of aryl methyl sites for hydroxylation is 1. The Labute approximate surface area is 176 Å². The van der Waals surface area contributed by atoms with Crippen molar-refractivity contribution >= 4 is 17.6 Å². The number of carbonyl (C=O) groups excluding carboxylic acids is 2. The van der Waals surface area contributed by atoms with Gasteiger partial charge < -0.3 is 15.1 Å². The van der Waals surface area contributed by atoms with E-state index < -0.39 is 0 Å². The molecular formula is C25H25N3O2. The monoisotopic (exact) mass is 399 g/mol. The predicted molar refractivity (Wildman–Crippen MR) is 118 cm³/mol. The standard InChI is InChI=1S/C25H25N3O2/c1-19-7-5-6-10-22(19)18-28-16-15-27(25(28)30)17-20-11-13-23(14-12-20)26-24(29)21-8-3-2-4-9-21/h2-14H,15-18H2,1H3,(H,26,29). The van der Waals surface area contributed by atoms with Gasteiger partial charge >= 0.3 is 6.03 Å². The minimum Gasteiger partial charge on any atom is -0.322 e. The Hall–Kier alpha value is -3.60. The fraction of sp³-hybridized carbons (Fsp3) is 0.200. The van der Waals surface area contributed by atoms with Crippen LogP contribution in [0.3, 0.4) is 0 Å². The maximum atomic E-state index is 12.8. The molecule has 0 unspecified atom stereocenters. The van der Waals surface area contributed by atoms with Gasteiger partial charge in [-0.15, -0.1) is 0 Å². The molecule has 1 saturated heterocycles. The normalized spacial score (nSPS) is 13.6. The van der Waals surface area contributed by atoms with Crippen LogP contribution >= 0.6 is 0 Å². The molecule has 0 saturated carbocycles. The predicted octanol–water partition coefficient (Wildman–Crippen LogP) is 4.69. The first-order valence-corrected chi connectivity index (χ1v) is 10.1. The third kappa shape index (κ3) is 4.51. The highest BCUT2D eigenvalue weighted by Crippen LogP contribution is 2.19. The number of anilines is 1. The van der Waals surface area contributed by atoms with Crippen LogP contribution < -0.4 is 5.32 Å². The lowest BCUT2D eigenvalue weighted by molar-refractivity contribution is 0.102. The van der Waals surface area contributed by atoms with Gasteiger partial charge in [-0.3, -0.25) is 4.79 Å². The number of carbonyl (C=O) groups is 2. The number of nitrogens with one attached hydrogen (secondary N) is 1. The van der Waals surface area contributed by atoms with Crippen molar-refractivity contribution in [2.75, 3.05) is 18.4 Å². The van der Waals surface area contributed by atoms with Gasteiger partial charge in [0.1, 0.15) is 0 Å². The van der Waals surface area contributed by atoms with E-state index in [1.807, 2.05) is 64.4 Å². The number of rotatable bonds is 6. The van der Waals surface area contributed by atoms with Gasteiger partial charge in [-0.1, -0.05) is 54.6 Å². The Morgan fingerprint density at radius 1 is 0.833 bits per heavy atom. The molecule has 3 aromatic carbocycles. The van der Waals surface area contributed by atoms with Crippen molar-refractivity contribution in [2.24, 2.45) is 0 Å². The SMILES string of the molecule is Cc1ccccc1CN1CCN(Cc2ccc(NC(=O)c3ccccc3)cc2)C1=O. The molecule has 4 rings (SSSR count). The first kappa shape index (κ1) is 19.7. The van der Waals surface area contributed by atoms with Crippen LogP contribution in [-0.4, -0.2) is 34.8 Å². The summed E-state index contributed by atoms with van der Waals surface area (Å²) in [6, 6.07) is 25.0. The zero-order valence-electron chi connectivity index (χ0n) is 17.0. The zero-order valence-corrected chi connectivity index (χ0v) is 17.0. The number of hydrogen-bond acceptors (Lipinski definition) is 2. The van der Waals surface area contributed by atoms with E-state index in [0.29, 0.717) is 18.7 Å². The lowest BCUT2D eigenvalue weighted by atomic mass is 10.1. The van der Waals surface area contributed by atoms with E-state index in [1.54, 1.807) is 12.1 Å². The van der Waals surface area contributed by atoms with Crippen LogP contribution in [0.5, 0.6) is 0 Å². The number of urea groups is 1. The van der Waals surface area contributed by atoms with Crippen LogP contribution in [0.25, 0.3) is 0 Å². The van der Waals surface area contributed by atoms with Crippen LogP contribution in [0.15, 0.2) is 78.9 Å². The topological polar surface area (TPSA) is 52.6 Å². The van der Waals surface area contributed by atoms with Crippen LogP contribution in [0.1, 0.15) is 27.0 Å². The number of hydrogen-bond donors (Lipinski definition) is 1. The Balaban J connectivity index is 1.34. The van der Waals surface area contributed by atoms with Crippen molar-refractivity contribution in [1.82, 2.24) is 9.80 Å². The Kier molecular flexibility index (Phi) is 5.80. The van der Waals surface area contributed by atoms with Gasteiger partial charge in [0.25, 0.3) is 5.91 Å². The molecule has 0 spiro atoms. The molecule has 152 valence electrons. The zero-order chi connectivity index (χ0) is 20.9. The van der Waals surface area contributed by atoms with E-state index in [-0.39, 0.29) is 11.9 Å². The summed E-state index contributed by atoms with van der Waals surface area (Å²) in [6.07, 6.45) is 0. The van der Waals surface area contributed by atoms with Crippen molar-refractivity contribution < 1.29 is 9.59 Å². The van der Waals surface area contributed by atoms with Gasteiger partial charge in [0, 0.05) is 37.4 Å². The van der Waals surface area contributed by atoms with Crippen molar-refractivity contribution in [2.45, 2.75) is 20.0 Å². The molecular weight excluding hydrogens is 374 g/mol. The fourth-order valence-electron chi connectivity index (χ4n) is 3.63. The summed E-state index contributed by atoms with van der Waals surface area (Å²) >= 11 is 0. The Morgan fingerprint density at radius 2 is 1.47 bits per heavy atom. The average molecular weight is 399 g/mol. The third-order valence-corrected chi connectivity index (χ3v) is 5.42. The summed E-state index contributed by atoms with van der Waals surface area (Å²) in [5, 5.41) is 2.90. The van der Waals surface area contributed by atoms with Gasteiger partial charge in [0.2, 0.25) is 0 Å². The van der Waals surface area contributed by atoms with Gasteiger partial charge in [-0.05, 0) is 47.9 Å². The highest BCUT2D eigenvalue weighted by atomic mass is 16.2. The summed E-state index contributed by atoms with van der Waals surface area (Å²) in [6.45, 7) is 4.74. The largest absolute Gasteiger partial charge is 0.322 e. The molecule has 5 heteroatoms. The lowest BCUT2D eigenvalue weighted by Gasteiger charge is -2.19. The first-order chi connectivity index (χ1) is 14.6. The second kappa shape index (κ2) is 8.82. The van der Waals surface area contributed by atoms with Gasteiger partial charge in [-0.25, -0.2) is 4.79 Å². The minimum absolute atomic E-state index is 0.0692. The molecule has 5 nitrogen and oxygen atoms in total. The van der Waals surface area contributed by atoms with Gasteiger partial charge in [0.15, 0.2) is 0 Å². The fourth-order valence-corrected chi connectivity index (χ4v) is 3.63. The molecule has 30 heavy (non-hydrogen) atoms. The molecule has 0 radical (unpaired) electrons. The molecule has 0 aromatic heterocycles. The molecule has 1 heterocycles. The van der Waals surface area contributed by atoms with Crippen LogP contribution in [0.4, 0.5) is 10.5 Å². The molecule has 1 N–H and O–H groups in total. The van der Waals surface area contributed by atoms with E-state index in [9.17, 15) is 9.59 Å². The molecule has 1 fully saturated rings.